The highest BCUT2D eigenvalue weighted by Gasteiger charge is 2.41. The van der Waals surface area contributed by atoms with E-state index in [2.05, 4.69) is 30.6 Å². The van der Waals surface area contributed by atoms with Crippen molar-refractivity contribution >= 4 is 11.9 Å². The second-order valence-corrected chi connectivity index (χ2v) is 9.94. The highest BCUT2D eigenvalue weighted by atomic mass is 19.1. The van der Waals surface area contributed by atoms with Gasteiger partial charge in [-0.1, -0.05) is 6.07 Å². The lowest BCUT2D eigenvalue weighted by Gasteiger charge is -2.35. The van der Waals surface area contributed by atoms with Crippen molar-refractivity contribution in [3.63, 3.8) is 0 Å². The molecule has 1 aliphatic rings. The summed E-state index contributed by atoms with van der Waals surface area (Å²) in [6, 6.07) is 13.5. The van der Waals surface area contributed by atoms with Crippen LogP contribution in [0, 0.1) is 11.2 Å². The maximum absolute atomic E-state index is 13.7. The minimum Gasteiger partial charge on any atom is -0.353 e. The van der Waals surface area contributed by atoms with E-state index in [4.69, 9.17) is 14.5 Å². The molecule has 39 heavy (non-hydrogen) atoms. The second-order valence-electron chi connectivity index (χ2n) is 9.94. The third-order valence-corrected chi connectivity index (χ3v) is 6.20. The molecular weight excluding hydrogens is 501 g/mol. The fraction of sp³-hybridized carbons (Fsp3) is 0.321. The van der Waals surface area contributed by atoms with Gasteiger partial charge in [0.1, 0.15) is 5.82 Å². The van der Waals surface area contributed by atoms with E-state index in [9.17, 15) is 9.18 Å². The minimum atomic E-state index is -0.823. The summed E-state index contributed by atoms with van der Waals surface area (Å²) in [4.78, 5) is 34.0. The third kappa shape index (κ3) is 6.10. The molecule has 4 heterocycles. The van der Waals surface area contributed by atoms with Crippen LogP contribution >= 0.6 is 0 Å². The molecule has 0 saturated carbocycles. The van der Waals surface area contributed by atoms with Crippen molar-refractivity contribution in [3.8, 4) is 22.6 Å². The molecule has 0 aliphatic carbocycles. The van der Waals surface area contributed by atoms with Gasteiger partial charge < -0.3 is 25.1 Å². The zero-order valence-corrected chi connectivity index (χ0v) is 21.9. The predicted octanol–water partition coefficient (Wildman–Crippen LogP) is 4.26. The second kappa shape index (κ2) is 11.3. The molecule has 3 N–H and O–H groups in total. The molecular formula is C28H30FN7O3. The van der Waals surface area contributed by atoms with Crippen LogP contribution in [0.4, 0.5) is 10.3 Å². The van der Waals surface area contributed by atoms with Crippen LogP contribution in [0.15, 0.2) is 60.9 Å². The van der Waals surface area contributed by atoms with E-state index in [0.717, 1.165) is 5.69 Å². The first-order valence-electron chi connectivity index (χ1n) is 12.7. The van der Waals surface area contributed by atoms with Crippen LogP contribution in [0.1, 0.15) is 38.6 Å². The third-order valence-electron chi connectivity index (χ3n) is 6.20. The van der Waals surface area contributed by atoms with Gasteiger partial charge in [0, 0.05) is 24.0 Å². The number of nitrogens with one attached hydrogen (secondary N) is 3. The topological polar surface area (TPSA) is 127 Å². The van der Waals surface area contributed by atoms with E-state index >= 15 is 0 Å². The number of benzene rings is 1. The molecule has 1 fully saturated rings. The summed E-state index contributed by atoms with van der Waals surface area (Å²) in [6.07, 6.45) is 2.55. The number of hydrogen-bond acceptors (Lipinski definition) is 8. The molecule has 4 aromatic rings. The van der Waals surface area contributed by atoms with Gasteiger partial charge in [0.15, 0.2) is 5.82 Å². The molecule has 0 radical (unpaired) electrons. The maximum Gasteiger partial charge on any atom is 0.230 e. The van der Waals surface area contributed by atoms with E-state index in [-0.39, 0.29) is 31.0 Å². The molecule has 3 aromatic heterocycles. The zero-order valence-electron chi connectivity index (χ0n) is 21.9. The molecule has 1 aromatic carbocycles. The Morgan fingerprint density at radius 3 is 2.54 bits per heavy atom. The van der Waals surface area contributed by atoms with Crippen LogP contribution in [0.5, 0.6) is 0 Å². The molecule has 0 spiro atoms. The van der Waals surface area contributed by atoms with E-state index in [0.29, 0.717) is 41.0 Å². The Morgan fingerprint density at radius 2 is 1.85 bits per heavy atom. The number of anilines is 1. The number of carbonyl (C=O) groups is 1. The number of ether oxygens (including phenoxy) is 2. The number of amides is 1. The number of carbonyl (C=O) groups excluding carboxylic acids is 1. The fourth-order valence-corrected chi connectivity index (χ4v) is 4.09. The van der Waals surface area contributed by atoms with E-state index < -0.39 is 11.7 Å². The molecule has 0 atom stereocenters. The Morgan fingerprint density at radius 1 is 1.08 bits per heavy atom. The van der Waals surface area contributed by atoms with Crippen LogP contribution in [0.25, 0.3) is 22.6 Å². The van der Waals surface area contributed by atoms with Crippen molar-refractivity contribution in [1.82, 2.24) is 30.2 Å². The molecule has 202 valence electrons. The zero-order chi connectivity index (χ0) is 27.4. The molecule has 0 bridgehead atoms. The molecule has 11 heteroatoms. The average Bonchev–Trinajstić information content (AvgIpc) is 3.39. The maximum atomic E-state index is 13.7. The smallest absolute Gasteiger partial charge is 0.230 e. The summed E-state index contributed by atoms with van der Waals surface area (Å²) >= 11 is 0. The lowest BCUT2D eigenvalue weighted by molar-refractivity contribution is -0.231. The van der Waals surface area contributed by atoms with E-state index in [1.807, 2.05) is 32.0 Å². The van der Waals surface area contributed by atoms with Crippen LogP contribution in [-0.4, -0.2) is 50.1 Å². The number of pyridine rings is 1. The van der Waals surface area contributed by atoms with Crippen LogP contribution in [0.3, 0.4) is 0 Å². The van der Waals surface area contributed by atoms with Gasteiger partial charge in [-0.05, 0) is 63.2 Å². The Balaban J connectivity index is 1.41. The Bertz CT molecular complexity index is 1420. The number of aromatic nitrogens is 5. The van der Waals surface area contributed by atoms with Gasteiger partial charge in [0.2, 0.25) is 18.1 Å². The van der Waals surface area contributed by atoms with Crippen LogP contribution < -0.4 is 10.6 Å². The van der Waals surface area contributed by atoms with Crippen LogP contribution in [0.2, 0.25) is 0 Å². The SMILES string of the molecule is CC(C)NC(=O)C1(C)COC(c2nc(-c3ccc(F)cc3)c(-c3ccnc(NCc4ccccn4)n3)[nH]2)OC1. The first-order chi connectivity index (χ1) is 18.8. The van der Waals surface area contributed by atoms with Gasteiger partial charge in [0.05, 0.1) is 47.9 Å². The summed E-state index contributed by atoms with van der Waals surface area (Å²) < 4.78 is 25.6. The number of hydrogen-bond donors (Lipinski definition) is 3. The summed E-state index contributed by atoms with van der Waals surface area (Å²) in [5.41, 5.74) is 2.44. The van der Waals surface area contributed by atoms with Crippen molar-refractivity contribution in [2.24, 2.45) is 5.41 Å². The van der Waals surface area contributed by atoms with E-state index in [1.165, 1.54) is 12.1 Å². The molecule has 1 saturated heterocycles. The van der Waals surface area contributed by atoms with Gasteiger partial charge in [-0.25, -0.2) is 19.3 Å². The lowest BCUT2D eigenvalue weighted by atomic mass is 9.90. The summed E-state index contributed by atoms with van der Waals surface area (Å²) in [5.74, 6) is 0.348. The van der Waals surface area contributed by atoms with E-state index in [1.54, 1.807) is 37.5 Å². The van der Waals surface area contributed by atoms with Crippen molar-refractivity contribution in [2.75, 3.05) is 18.5 Å². The standard InChI is InChI=1S/C28H30FN7O3/c1-17(2)33-26(37)28(3)15-38-25(39-16-28)24-35-22(18-7-9-19(29)10-8-18)23(36-24)21-11-13-31-27(34-21)32-14-20-6-4-5-12-30-20/h4-13,17,25H,14-16H2,1-3H3,(H,33,37)(H,35,36)(H,31,32,34). The summed E-state index contributed by atoms with van der Waals surface area (Å²) in [5, 5.41) is 6.10. The largest absolute Gasteiger partial charge is 0.353 e. The Labute approximate surface area is 225 Å². The Kier molecular flexibility index (Phi) is 7.62. The lowest BCUT2D eigenvalue weighted by Crippen LogP contribution is -2.50. The number of halogens is 1. The van der Waals surface area contributed by atoms with Gasteiger partial charge in [0.25, 0.3) is 0 Å². The molecule has 1 aliphatic heterocycles. The molecule has 1 amide bonds. The van der Waals surface area contributed by atoms with Crippen molar-refractivity contribution in [2.45, 2.75) is 39.6 Å². The van der Waals surface area contributed by atoms with Gasteiger partial charge >= 0.3 is 0 Å². The predicted molar refractivity (Wildman–Crippen MR) is 143 cm³/mol. The number of nitrogens with zero attached hydrogens (tertiary/aromatic N) is 4. The average molecular weight is 532 g/mol. The first-order valence-corrected chi connectivity index (χ1v) is 12.7. The van der Waals surface area contributed by atoms with Crippen molar-refractivity contribution in [3.05, 3.63) is 78.3 Å². The summed E-state index contributed by atoms with van der Waals surface area (Å²) in [6.45, 7) is 6.39. The van der Waals surface area contributed by atoms with Crippen LogP contribution in [-0.2, 0) is 20.8 Å². The monoisotopic (exact) mass is 531 g/mol. The first kappa shape index (κ1) is 26.4. The quantitative estimate of drug-likeness (QED) is 0.308. The Hall–Kier alpha value is -4.22. The molecule has 0 unspecified atom stereocenters. The molecule has 5 rings (SSSR count). The number of H-pyrrole nitrogens is 1. The normalized spacial score (nSPS) is 19.2. The number of aromatic amines is 1. The van der Waals surface area contributed by atoms with Gasteiger partial charge in [-0.3, -0.25) is 9.78 Å². The molecule has 10 nitrogen and oxygen atoms in total. The van der Waals surface area contributed by atoms with Crippen molar-refractivity contribution in [1.29, 1.82) is 0 Å². The number of rotatable bonds is 8. The highest BCUT2D eigenvalue weighted by Crippen LogP contribution is 2.35. The minimum absolute atomic E-state index is 0.00847. The van der Waals surface area contributed by atoms with Gasteiger partial charge in [-0.15, -0.1) is 0 Å². The number of imidazole rings is 1. The fourth-order valence-electron chi connectivity index (χ4n) is 4.09. The summed E-state index contributed by atoms with van der Waals surface area (Å²) in [7, 11) is 0. The highest BCUT2D eigenvalue weighted by molar-refractivity contribution is 5.83. The van der Waals surface area contributed by atoms with Crippen molar-refractivity contribution < 1.29 is 18.7 Å². The van der Waals surface area contributed by atoms with Gasteiger partial charge in [-0.2, -0.15) is 0 Å².